The van der Waals surface area contributed by atoms with Crippen LogP contribution in [0.4, 0.5) is 0 Å². The van der Waals surface area contributed by atoms with Crippen LogP contribution < -0.4 is 21.3 Å². The minimum absolute atomic E-state index is 0.0130. The van der Waals surface area contributed by atoms with E-state index in [-0.39, 0.29) is 25.5 Å². The maximum atomic E-state index is 13.1. The fourth-order valence-corrected chi connectivity index (χ4v) is 3.40. The van der Waals surface area contributed by atoms with Crippen LogP contribution in [-0.4, -0.2) is 22.2 Å². The Morgan fingerprint density at radius 1 is 1.03 bits per heavy atom. The van der Waals surface area contributed by atoms with E-state index in [4.69, 9.17) is 9.15 Å². The molecule has 8 heteroatoms. The van der Waals surface area contributed by atoms with E-state index in [2.05, 4.69) is 5.32 Å². The van der Waals surface area contributed by atoms with E-state index in [1.165, 1.54) is 10.8 Å². The molecule has 1 amide bonds. The SMILES string of the molecule is COc1cccc(CNC(=O)Cn2c(=O)n(Cc3ccco3)c(=O)c3ccccc32)c1. The van der Waals surface area contributed by atoms with Gasteiger partial charge in [-0.3, -0.25) is 18.7 Å². The van der Waals surface area contributed by atoms with Gasteiger partial charge in [0.2, 0.25) is 5.91 Å². The summed E-state index contributed by atoms with van der Waals surface area (Å²) in [6, 6.07) is 17.5. The summed E-state index contributed by atoms with van der Waals surface area (Å²) < 4.78 is 12.9. The molecule has 4 aromatic rings. The number of nitrogens with zero attached hydrogens (tertiary/aromatic N) is 2. The summed E-state index contributed by atoms with van der Waals surface area (Å²) in [6.07, 6.45) is 1.48. The highest BCUT2D eigenvalue weighted by molar-refractivity contribution is 5.81. The number of fused-ring (bicyclic) bond motifs is 1. The molecule has 0 aliphatic carbocycles. The van der Waals surface area contributed by atoms with Crippen molar-refractivity contribution in [1.29, 1.82) is 0 Å². The molecule has 158 valence electrons. The number of carbonyl (C=O) groups excluding carboxylic acids is 1. The van der Waals surface area contributed by atoms with Crippen molar-refractivity contribution in [2.24, 2.45) is 0 Å². The molecule has 2 aromatic heterocycles. The van der Waals surface area contributed by atoms with Crippen LogP contribution >= 0.6 is 0 Å². The van der Waals surface area contributed by atoms with Crippen molar-refractivity contribution in [3.8, 4) is 5.75 Å². The Balaban J connectivity index is 1.63. The van der Waals surface area contributed by atoms with Gasteiger partial charge in [-0.25, -0.2) is 4.79 Å². The lowest BCUT2D eigenvalue weighted by molar-refractivity contribution is -0.121. The lowest BCUT2D eigenvalue weighted by atomic mass is 10.2. The van der Waals surface area contributed by atoms with E-state index < -0.39 is 11.2 Å². The molecule has 0 bridgehead atoms. The van der Waals surface area contributed by atoms with Gasteiger partial charge in [-0.05, 0) is 42.0 Å². The molecule has 1 N–H and O–H groups in total. The highest BCUT2D eigenvalue weighted by Gasteiger charge is 2.16. The van der Waals surface area contributed by atoms with Crippen LogP contribution in [0.1, 0.15) is 11.3 Å². The van der Waals surface area contributed by atoms with Crippen molar-refractivity contribution in [2.45, 2.75) is 19.6 Å². The number of hydrogen-bond donors (Lipinski definition) is 1. The molecular weight excluding hydrogens is 398 g/mol. The number of hydrogen-bond acceptors (Lipinski definition) is 5. The zero-order valence-corrected chi connectivity index (χ0v) is 16.9. The molecule has 0 saturated carbocycles. The van der Waals surface area contributed by atoms with Crippen LogP contribution in [0, 0.1) is 0 Å². The standard InChI is InChI=1S/C23H21N3O5/c1-30-17-7-4-6-16(12-17)13-24-21(27)15-25-20-10-3-2-9-19(20)22(28)26(23(25)29)14-18-8-5-11-31-18/h2-12H,13-15H2,1H3,(H,24,27). The zero-order valence-electron chi connectivity index (χ0n) is 16.9. The molecule has 0 radical (unpaired) electrons. The topological polar surface area (TPSA) is 95.5 Å². The molecule has 0 unspecified atom stereocenters. The predicted octanol–water partition coefficient (Wildman–Crippen LogP) is 2.13. The van der Waals surface area contributed by atoms with E-state index in [0.717, 1.165) is 10.1 Å². The zero-order chi connectivity index (χ0) is 21.8. The van der Waals surface area contributed by atoms with Crippen molar-refractivity contribution >= 4 is 16.8 Å². The van der Waals surface area contributed by atoms with Gasteiger partial charge in [0.1, 0.15) is 18.1 Å². The highest BCUT2D eigenvalue weighted by atomic mass is 16.5. The molecule has 0 fully saturated rings. The summed E-state index contributed by atoms with van der Waals surface area (Å²) in [5.41, 5.74) is 0.277. The van der Waals surface area contributed by atoms with Crippen molar-refractivity contribution in [3.63, 3.8) is 0 Å². The number of methoxy groups -OCH3 is 1. The Hall–Kier alpha value is -4.07. The van der Waals surface area contributed by atoms with Gasteiger partial charge in [-0.1, -0.05) is 24.3 Å². The van der Waals surface area contributed by atoms with Crippen LogP contribution in [0.5, 0.6) is 5.75 Å². The predicted molar refractivity (Wildman–Crippen MR) is 115 cm³/mol. The molecule has 8 nitrogen and oxygen atoms in total. The maximum absolute atomic E-state index is 13.1. The van der Waals surface area contributed by atoms with Crippen LogP contribution in [0.3, 0.4) is 0 Å². The summed E-state index contributed by atoms with van der Waals surface area (Å²) in [5.74, 6) is 0.820. The van der Waals surface area contributed by atoms with E-state index >= 15 is 0 Å². The first-order valence-electron chi connectivity index (χ1n) is 9.71. The molecule has 0 atom stereocenters. The summed E-state index contributed by atoms with van der Waals surface area (Å²) in [6.45, 7) is 0.0530. The lowest BCUT2D eigenvalue weighted by Crippen LogP contribution is -2.42. The van der Waals surface area contributed by atoms with Gasteiger partial charge >= 0.3 is 5.69 Å². The fourth-order valence-electron chi connectivity index (χ4n) is 3.40. The number of benzene rings is 2. The van der Waals surface area contributed by atoms with Crippen LogP contribution in [-0.2, 0) is 24.4 Å². The number of aromatic nitrogens is 2. The molecule has 2 heterocycles. The molecule has 2 aromatic carbocycles. The Labute approximate surface area is 177 Å². The number of amides is 1. The maximum Gasteiger partial charge on any atom is 0.332 e. The lowest BCUT2D eigenvalue weighted by Gasteiger charge is -2.14. The van der Waals surface area contributed by atoms with Gasteiger partial charge in [0, 0.05) is 6.54 Å². The van der Waals surface area contributed by atoms with Crippen LogP contribution in [0.15, 0.2) is 80.9 Å². The number of ether oxygens (including phenoxy) is 1. The second kappa shape index (κ2) is 8.74. The average molecular weight is 419 g/mol. The van der Waals surface area contributed by atoms with Gasteiger partial charge in [-0.2, -0.15) is 0 Å². The summed E-state index contributed by atoms with van der Waals surface area (Å²) >= 11 is 0. The van der Waals surface area contributed by atoms with Gasteiger partial charge in [-0.15, -0.1) is 0 Å². The van der Waals surface area contributed by atoms with E-state index in [1.807, 2.05) is 24.3 Å². The summed E-state index contributed by atoms with van der Waals surface area (Å²) in [7, 11) is 1.58. The third-order valence-corrected chi connectivity index (χ3v) is 4.95. The highest BCUT2D eigenvalue weighted by Crippen LogP contribution is 2.12. The number of para-hydroxylation sites is 1. The smallest absolute Gasteiger partial charge is 0.332 e. The molecule has 0 spiro atoms. The van der Waals surface area contributed by atoms with Crippen LogP contribution in [0.2, 0.25) is 0 Å². The number of rotatable bonds is 7. The quantitative estimate of drug-likeness (QED) is 0.495. The number of carbonyl (C=O) groups is 1. The van der Waals surface area contributed by atoms with E-state index in [1.54, 1.807) is 43.5 Å². The van der Waals surface area contributed by atoms with Crippen molar-refractivity contribution in [3.05, 3.63) is 99.1 Å². The summed E-state index contributed by atoms with van der Waals surface area (Å²) in [5, 5.41) is 3.17. The molecule has 0 aliphatic rings. The summed E-state index contributed by atoms with van der Waals surface area (Å²) in [4.78, 5) is 38.6. The minimum Gasteiger partial charge on any atom is -0.497 e. The third kappa shape index (κ3) is 4.28. The molecule has 0 saturated heterocycles. The average Bonchev–Trinajstić information content (AvgIpc) is 3.31. The Kier molecular flexibility index (Phi) is 5.70. The van der Waals surface area contributed by atoms with Crippen LogP contribution in [0.25, 0.3) is 10.9 Å². The molecular formula is C23H21N3O5. The third-order valence-electron chi connectivity index (χ3n) is 4.95. The first-order valence-corrected chi connectivity index (χ1v) is 9.71. The number of nitrogens with one attached hydrogen (secondary N) is 1. The van der Waals surface area contributed by atoms with Crippen molar-refractivity contribution < 1.29 is 13.9 Å². The normalized spacial score (nSPS) is 10.9. The first kappa shape index (κ1) is 20.2. The Bertz CT molecular complexity index is 1340. The fraction of sp³-hybridized carbons (Fsp3) is 0.174. The van der Waals surface area contributed by atoms with Crippen molar-refractivity contribution in [2.75, 3.05) is 7.11 Å². The van der Waals surface area contributed by atoms with Gasteiger partial charge in [0.05, 0.1) is 30.8 Å². The van der Waals surface area contributed by atoms with Gasteiger partial charge in [0.15, 0.2) is 0 Å². The number of furan rings is 1. The monoisotopic (exact) mass is 419 g/mol. The minimum atomic E-state index is -0.573. The van der Waals surface area contributed by atoms with E-state index in [9.17, 15) is 14.4 Å². The molecule has 4 rings (SSSR count). The van der Waals surface area contributed by atoms with E-state index in [0.29, 0.717) is 22.4 Å². The largest absolute Gasteiger partial charge is 0.497 e. The molecule has 31 heavy (non-hydrogen) atoms. The van der Waals surface area contributed by atoms with Crippen molar-refractivity contribution in [1.82, 2.24) is 14.5 Å². The van der Waals surface area contributed by atoms with Gasteiger partial charge < -0.3 is 14.5 Å². The molecule has 0 aliphatic heterocycles. The second-order valence-corrected chi connectivity index (χ2v) is 6.98. The van der Waals surface area contributed by atoms with Gasteiger partial charge in [0.25, 0.3) is 5.56 Å². The first-order chi connectivity index (χ1) is 15.1. The second-order valence-electron chi connectivity index (χ2n) is 6.98. The Morgan fingerprint density at radius 2 is 1.87 bits per heavy atom. The Morgan fingerprint density at radius 3 is 2.65 bits per heavy atom.